The van der Waals surface area contributed by atoms with Gasteiger partial charge in [-0.1, -0.05) is 18.2 Å². The van der Waals surface area contributed by atoms with Crippen LogP contribution in [0.5, 0.6) is 0 Å². The largest absolute Gasteiger partial charge is 0.322 e. The number of carbonyl (C=O) groups excluding carboxylic acids is 3. The van der Waals surface area contributed by atoms with E-state index in [0.29, 0.717) is 29.8 Å². The predicted octanol–water partition coefficient (Wildman–Crippen LogP) is 2.29. The molecule has 0 bridgehead atoms. The molecular weight excluding hydrogens is 344 g/mol. The molecule has 136 valence electrons. The fourth-order valence-corrected chi connectivity index (χ4v) is 3.41. The van der Waals surface area contributed by atoms with Crippen LogP contribution in [-0.4, -0.2) is 22.7 Å². The highest BCUT2D eigenvalue weighted by Gasteiger charge is 2.42. The van der Waals surface area contributed by atoms with Crippen LogP contribution >= 0.6 is 0 Å². The fourth-order valence-electron chi connectivity index (χ4n) is 3.41. The first-order valence-electron chi connectivity index (χ1n) is 8.74. The Morgan fingerprint density at radius 3 is 2.59 bits per heavy atom. The molecule has 0 unspecified atom stereocenters. The fraction of sp³-hybridized carbons (Fsp3) is 0.200. The molecule has 1 saturated heterocycles. The van der Waals surface area contributed by atoms with Gasteiger partial charge >= 0.3 is 0 Å². The van der Waals surface area contributed by atoms with Gasteiger partial charge < -0.3 is 5.32 Å². The maximum absolute atomic E-state index is 12.8. The Kier molecular flexibility index (Phi) is 4.42. The molecule has 1 aliphatic heterocycles. The number of aromatic nitrogens is 1. The van der Waals surface area contributed by atoms with Gasteiger partial charge in [-0.15, -0.1) is 0 Å². The maximum atomic E-state index is 12.8. The molecule has 1 aromatic heterocycles. The minimum Gasteiger partial charge on any atom is -0.322 e. The monoisotopic (exact) mass is 362 g/mol. The first-order chi connectivity index (χ1) is 13.1. The van der Waals surface area contributed by atoms with Gasteiger partial charge in [-0.2, -0.15) is 0 Å². The lowest BCUT2D eigenvalue weighted by Crippen LogP contribution is -2.59. The lowest BCUT2D eigenvalue weighted by atomic mass is 9.80. The average Bonchev–Trinajstić information content (AvgIpc) is 2.71. The van der Waals surface area contributed by atoms with Crippen molar-refractivity contribution in [2.75, 3.05) is 10.3 Å². The van der Waals surface area contributed by atoms with Gasteiger partial charge in [0.15, 0.2) is 0 Å². The van der Waals surface area contributed by atoms with Crippen molar-refractivity contribution in [1.82, 2.24) is 10.4 Å². The number of amides is 3. The zero-order valence-electron chi connectivity index (χ0n) is 14.5. The standard InChI is InChI=1S/C20H18N4O3/c25-18(22-14-8-10-21-11-9-14)13-4-3-5-15(12-13)24-20(27)17-7-2-1-6-16(17)19(26)23-24/h1-5,8-12,16-17H,6-7H2,(H,23,26)(H,21,22,25)/t16-,17-/m0/s1. The molecule has 2 atom stereocenters. The van der Waals surface area contributed by atoms with Crippen LogP contribution in [0.4, 0.5) is 11.4 Å². The quantitative estimate of drug-likeness (QED) is 0.820. The van der Waals surface area contributed by atoms with Gasteiger partial charge in [0.25, 0.3) is 5.91 Å². The van der Waals surface area contributed by atoms with E-state index in [4.69, 9.17) is 0 Å². The molecule has 7 heteroatoms. The molecule has 7 nitrogen and oxygen atoms in total. The first kappa shape index (κ1) is 17.0. The summed E-state index contributed by atoms with van der Waals surface area (Å²) in [4.78, 5) is 41.6. The van der Waals surface area contributed by atoms with E-state index in [1.165, 1.54) is 5.01 Å². The molecule has 1 aromatic carbocycles. The average molecular weight is 362 g/mol. The van der Waals surface area contributed by atoms with Crippen molar-refractivity contribution < 1.29 is 14.4 Å². The zero-order chi connectivity index (χ0) is 18.8. The number of allylic oxidation sites excluding steroid dienone is 2. The van der Waals surface area contributed by atoms with E-state index in [-0.39, 0.29) is 29.6 Å². The van der Waals surface area contributed by atoms with E-state index in [1.54, 1.807) is 48.8 Å². The normalized spacial score (nSPS) is 21.4. The highest BCUT2D eigenvalue weighted by Crippen LogP contribution is 2.32. The number of carbonyl (C=O) groups is 3. The van der Waals surface area contributed by atoms with Gasteiger partial charge in [-0.3, -0.25) is 24.8 Å². The second-order valence-electron chi connectivity index (χ2n) is 6.55. The van der Waals surface area contributed by atoms with Gasteiger partial charge in [0.05, 0.1) is 17.5 Å². The van der Waals surface area contributed by atoms with Crippen molar-refractivity contribution in [1.29, 1.82) is 0 Å². The van der Waals surface area contributed by atoms with Crippen LogP contribution in [0.2, 0.25) is 0 Å². The molecule has 1 fully saturated rings. The van der Waals surface area contributed by atoms with Crippen LogP contribution in [0.1, 0.15) is 23.2 Å². The van der Waals surface area contributed by atoms with Gasteiger partial charge in [0, 0.05) is 23.6 Å². The maximum Gasteiger partial charge on any atom is 0.255 e. The number of nitrogens with zero attached hydrogens (tertiary/aromatic N) is 2. The third-order valence-electron chi connectivity index (χ3n) is 4.83. The summed E-state index contributed by atoms with van der Waals surface area (Å²) in [6.45, 7) is 0. The van der Waals surface area contributed by atoms with Crippen LogP contribution in [0.3, 0.4) is 0 Å². The van der Waals surface area contributed by atoms with Crippen LogP contribution in [0, 0.1) is 11.8 Å². The van der Waals surface area contributed by atoms with Crippen LogP contribution in [-0.2, 0) is 9.59 Å². The summed E-state index contributed by atoms with van der Waals surface area (Å²) in [6.07, 6.45) is 8.17. The van der Waals surface area contributed by atoms with Crippen molar-refractivity contribution in [2.45, 2.75) is 12.8 Å². The molecular formula is C20H18N4O3. The molecule has 27 heavy (non-hydrogen) atoms. The lowest BCUT2D eigenvalue weighted by molar-refractivity contribution is -0.139. The molecule has 2 aromatic rings. The number of hydrazine groups is 1. The number of hydrogen-bond donors (Lipinski definition) is 2. The first-order valence-corrected chi connectivity index (χ1v) is 8.74. The zero-order valence-corrected chi connectivity index (χ0v) is 14.5. The van der Waals surface area contributed by atoms with Gasteiger partial charge in [-0.25, -0.2) is 5.01 Å². The minimum absolute atomic E-state index is 0.157. The number of rotatable bonds is 3. The van der Waals surface area contributed by atoms with E-state index in [0.717, 1.165) is 0 Å². The second kappa shape index (κ2) is 7.03. The second-order valence-corrected chi connectivity index (χ2v) is 6.55. The van der Waals surface area contributed by atoms with Crippen LogP contribution in [0.15, 0.2) is 60.9 Å². The van der Waals surface area contributed by atoms with E-state index in [1.807, 2.05) is 12.2 Å². The SMILES string of the molecule is O=C(Nc1ccncc1)c1cccc(N2NC(=O)[C@H]3CC=CC[C@@H]3C2=O)c1. The number of fused-ring (bicyclic) bond motifs is 1. The Morgan fingerprint density at radius 2 is 1.81 bits per heavy atom. The highest BCUT2D eigenvalue weighted by molar-refractivity contribution is 6.07. The summed E-state index contributed by atoms with van der Waals surface area (Å²) in [5.41, 5.74) is 4.14. The van der Waals surface area contributed by atoms with E-state index >= 15 is 0 Å². The topological polar surface area (TPSA) is 91.4 Å². The molecule has 2 N–H and O–H groups in total. The van der Waals surface area contributed by atoms with E-state index in [9.17, 15) is 14.4 Å². The van der Waals surface area contributed by atoms with Gasteiger partial charge in [0.2, 0.25) is 11.8 Å². The highest BCUT2D eigenvalue weighted by atomic mass is 16.2. The molecule has 0 radical (unpaired) electrons. The Balaban J connectivity index is 1.57. The van der Waals surface area contributed by atoms with Crippen molar-refractivity contribution >= 4 is 29.1 Å². The minimum atomic E-state index is -0.363. The van der Waals surface area contributed by atoms with Crippen LogP contribution < -0.4 is 15.8 Å². The number of nitrogens with one attached hydrogen (secondary N) is 2. The smallest absolute Gasteiger partial charge is 0.255 e. The predicted molar refractivity (Wildman–Crippen MR) is 99.6 cm³/mol. The van der Waals surface area contributed by atoms with Crippen molar-refractivity contribution in [2.24, 2.45) is 11.8 Å². The molecule has 2 aliphatic rings. The summed E-state index contributed by atoms with van der Waals surface area (Å²) in [7, 11) is 0. The molecule has 2 heterocycles. The molecule has 0 spiro atoms. The Labute approximate surface area is 156 Å². The lowest BCUT2D eigenvalue weighted by Gasteiger charge is -2.38. The van der Waals surface area contributed by atoms with Gasteiger partial charge in [-0.05, 0) is 43.2 Å². The Hall–Kier alpha value is -3.48. The number of anilines is 2. The molecule has 0 saturated carbocycles. The number of benzene rings is 1. The van der Waals surface area contributed by atoms with Crippen molar-refractivity contribution in [3.8, 4) is 0 Å². The molecule has 4 rings (SSSR count). The number of pyridine rings is 1. The van der Waals surface area contributed by atoms with Crippen molar-refractivity contribution in [3.63, 3.8) is 0 Å². The summed E-state index contributed by atoms with van der Waals surface area (Å²) in [5, 5.41) is 4.03. The molecule has 1 aliphatic carbocycles. The summed E-state index contributed by atoms with van der Waals surface area (Å²) >= 11 is 0. The van der Waals surface area contributed by atoms with E-state index < -0.39 is 0 Å². The third-order valence-corrected chi connectivity index (χ3v) is 4.83. The molecule has 3 amide bonds. The van der Waals surface area contributed by atoms with Gasteiger partial charge in [0.1, 0.15) is 0 Å². The van der Waals surface area contributed by atoms with Crippen molar-refractivity contribution in [3.05, 3.63) is 66.5 Å². The Morgan fingerprint density at radius 1 is 1.07 bits per heavy atom. The Bertz CT molecular complexity index is 926. The van der Waals surface area contributed by atoms with Crippen LogP contribution in [0.25, 0.3) is 0 Å². The summed E-state index contributed by atoms with van der Waals surface area (Å²) in [6, 6.07) is 10.00. The number of hydrogen-bond acceptors (Lipinski definition) is 4. The third kappa shape index (κ3) is 3.31. The van der Waals surface area contributed by atoms with E-state index in [2.05, 4.69) is 15.7 Å². The summed E-state index contributed by atoms with van der Waals surface area (Å²) < 4.78 is 0. The summed E-state index contributed by atoms with van der Waals surface area (Å²) in [5.74, 6) is -1.32.